The first kappa shape index (κ1) is 19.9. The van der Waals surface area contributed by atoms with Crippen LogP contribution in [-0.4, -0.2) is 14.3 Å². The predicted molar refractivity (Wildman–Crippen MR) is 113 cm³/mol. The highest BCUT2D eigenvalue weighted by atomic mass is 35.5. The van der Waals surface area contributed by atoms with E-state index in [2.05, 4.69) is 6.58 Å². The Balaban J connectivity index is 2.05. The van der Waals surface area contributed by atoms with Gasteiger partial charge in [0.05, 0.1) is 10.6 Å². The molecular formula is C22H18ClNO3S. The van der Waals surface area contributed by atoms with Crippen LogP contribution in [0.4, 0.5) is 5.69 Å². The quantitative estimate of drug-likeness (QED) is 0.535. The standard InChI is InChI=1S/C22H18ClNO3S/c1-16(2)22(25)24(20-12-10-19(23)11-13-20)28(26,27)21-14-8-18(9-15-21)17-6-4-3-5-7-17/h3-15H,1H2,2H3. The Morgan fingerprint density at radius 2 is 1.39 bits per heavy atom. The van der Waals surface area contributed by atoms with Gasteiger partial charge in [-0.2, -0.15) is 4.31 Å². The van der Waals surface area contributed by atoms with Crippen LogP contribution in [-0.2, 0) is 14.8 Å². The lowest BCUT2D eigenvalue weighted by Gasteiger charge is -2.23. The zero-order chi connectivity index (χ0) is 20.3. The van der Waals surface area contributed by atoms with Gasteiger partial charge < -0.3 is 0 Å². The molecule has 0 bridgehead atoms. The van der Waals surface area contributed by atoms with Gasteiger partial charge in [0.2, 0.25) is 0 Å². The Kier molecular flexibility index (Phi) is 5.68. The lowest BCUT2D eigenvalue weighted by Crippen LogP contribution is -2.37. The molecule has 3 aromatic carbocycles. The lowest BCUT2D eigenvalue weighted by molar-refractivity contribution is -0.113. The summed E-state index contributed by atoms with van der Waals surface area (Å²) in [6.07, 6.45) is 0. The molecule has 0 aliphatic heterocycles. The van der Waals surface area contributed by atoms with Crippen molar-refractivity contribution in [2.45, 2.75) is 11.8 Å². The summed E-state index contributed by atoms with van der Waals surface area (Å²) < 4.78 is 27.2. The van der Waals surface area contributed by atoms with Gasteiger partial charge in [-0.15, -0.1) is 0 Å². The summed E-state index contributed by atoms with van der Waals surface area (Å²) >= 11 is 5.89. The summed E-state index contributed by atoms with van der Waals surface area (Å²) in [5.74, 6) is -0.700. The fourth-order valence-corrected chi connectivity index (χ4v) is 4.26. The molecule has 6 heteroatoms. The molecule has 28 heavy (non-hydrogen) atoms. The number of carbonyl (C=O) groups is 1. The van der Waals surface area contributed by atoms with Gasteiger partial charge in [-0.25, -0.2) is 8.42 Å². The second-order valence-electron chi connectivity index (χ2n) is 6.22. The fourth-order valence-electron chi connectivity index (χ4n) is 2.67. The maximum Gasteiger partial charge on any atom is 0.271 e. The highest BCUT2D eigenvalue weighted by molar-refractivity contribution is 7.93. The van der Waals surface area contributed by atoms with Crippen molar-refractivity contribution in [3.63, 3.8) is 0 Å². The van der Waals surface area contributed by atoms with Crippen molar-refractivity contribution in [2.75, 3.05) is 4.31 Å². The van der Waals surface area contributed by atoms with Crippen LogP contribution in [0.5, 0.6) is 0 Å². The monoisotopic (exact) mass is 411 g/mol. The number of halogens is 1. The number of nitrogens with zero attached hydrogens (tertiary/aromatic N) is 1. The third kappa shape index (κ3) is 4.01. The van der Waals surface area contributed by atoms with Gasteiger partial charge in [-0.3, -0.25) is 4.79 Å². The molecule has 4 nitrogen and oxygen atoms in total. The van der Waals surface area contributed by atoms with E-state index in [-0.39, 0.29) is 16.2 Å². The minimum Gasteiger partial charge on any atom is -0.268 e. The number of rotatable bonds is 5. The van der Waals surface area contributed by atoms with E-state index in [4.69, 9.17) is 11.6 Å². The zero-order valence-electron chi connectivity index (χ0n) is 15.2. The molecule has 0 spiro atoms. The normalized spacial score (nSPS) is 11.1. The van der Waals surface area contributed by atoms with Crippen LogP contribution in [0, 0.1) is 0 Å². The third-order valence-corrected chi connectivity index (χ3v) is 6.09. The second-order valence-corrected chi connectivity index (χ2v) is 8.44. The number of amides is 1. The van der Waals surface area contributed by atoms with Crippen molar-refractivity contribution in [1.82, 2.24) is 0 Å². The van der Waals surface area contributed by atoms with E-state index in [1.165, 1.54) is 43.3 Å². The SMILES string of the molecule is C=C(C)C(=O)N(c1ccc(Cl)cc1)S(=O)(=O)c1ccc(-c2ccccc2)cc1. The summed E-state index contributed by atoms with van der Waals surface area (Å²) in [4.78, 5) is 12.7. The van der Waals surface area contributed by atoms with Gasteiger partial charge in [0.25, 0.3) is 15.9 Å². The van der Waals surface area contributed by atoms with E-state index < -0.39 is 15.9 Å². The third-order valence-electron chi connectivity index (χ3n) is 4.11. The second kappa shape index (κ2) is 8.00. The molecule has 1 amide bonds. The Morgan fingerprint density at radius 3 is 1.93 bits per heavy atom. The van der Waals surface area contributed by atoms with Gasteiger partial charge >= 0.3 is 0 Å². The van der Waals surface area contributed by atoms with Crippen LogP contribution in [0.3, 0.4) is 0 Å². The van der Waals surface area contributed by atoms with E-state index in [9.17, 15) is 13.2 Å². The molecule has 0 aliphatic carbocycles. The summed E-state index contributed by atoms with van der Waals surface area (Å²) in [7, 11) is -4.13. The van der Waals surface area contributed by atoms with Crippen LogP contribution in [0.15, 0.2) is 95.9 Å². The average Bonchev–Trinajstić information content (AvgIpc) is 2.70. The summed E-state index contributed by atoms with van der Waals surface area (Å²) in [6.45, 7) is 5.07. The molecule has 0 N–H and O–H groups in total. The molecule has 0 saturated carbocycles. The van der Waals surface area contributed by atoms with E-state index in [1.54, 1.807) is 12.1 Å². The topological polar surface area (TPSA) is 54.5 Å². The Morgan fingerprint density at radius 1 is 0.857 bits per heavy atom. The van der Waals surface area contributed by atoms with Crippen LogP contribution in [0.2, 0.25) is 5.02 Å². The molecule has 3 aromatic rings. The molecule has 142 valence electrons. The molecule has 0 saturated heterocycles. The van der Waals surface area contributed by atoms with Crippen molar-refractivity contribution < 1.29 is 13.2 Å². The highest BCUT2D eigenvalue weighted by Gasteiger charge is 2.31. The van der Waals surface area contributed by atoms with Gasteiger partial charge in [0.1, 0.15) is 0 Å². The fraction of sp³-hybridized carbons (Fsp3) is 0.0455. The minimum absolute atomic E-state index is 0.0109. The molecule has 0 radical (unpaired) electrons. The number of hydrogen-bond donors (Lipinski definition) is 0. The van der Waals surface area contributed by atoms with Gasteiger partial charge in [-0.1, -0.05) is 60.6 Å². The largest absolute Gasteiger partial charge is 0.271 e. The predicted octanol–water partition coefficient (Wildman–Crippen LogP) is 5.31. The highest BCUT2D eigenvalue weighted by Crippen LogP contribution is 2.28. The van der Waals surface area contributed by atoms with E-state index in [0.29, 0.717) is 5.02 Å². The summed E-state index contributed by atoms with van der Waals surface area (Å²) in [5.41, 5.74) is 2.16. The van der Waals surface area contributed by atoms with Crippen LogP contribution in [0.25, 0.3) is 11.1 Å². The first-order valence-corrected chi connectivity index (χ1v) is 10.3. The maximum atomic E-state index is 13.2. The molecule has 0 fully saturated rings. The number of carbonyl (C=O) groups excluding carboxylic acids is 1. The van der Waals surface area contributed by atoms with Gasteiger partial charge in [0, 0.05) is 10.6 Å². The van der Waals surface area contributed by atoms with E-state index in [1.807, 2.05) is 30.3 Å². The Labute approximate surface area is 169 Å². The first-order valence-electron chi connectivity index (χ1n) is 8.47. The molecule has 0 aliphatic rings. The summed E-state index contributed by atoms with van der Waals surface area (Å²) in [6, 6.07) is 22.1. The van der Waals surface area contributed by atoms with Gasteiger partial charge in [0.15, 0.2) is 0 Å². The lowest BCUT2D eigenvalue weighted by atomic mass is 10.1. The van der Waals surface area contributed by atoms with Gasteiger partial charge in [-0.05, 0) is 54.4 Å². The number of benzene rings is 3. The van der Waals surface area contributed by atoms with Crippen LogP contribution in [0.1, 0.15) is 6.92 Å². The zero-order valence-corrected chi connectivity index (χ0v) is 16.7. The van der Waals surface area contributed by atoms with E-state index in [0.717, 1.165) is 15.4 Å². The van der Waals surface area contributed by atoms with Crippen molar-refractivity contribution in [3.8, 4) is 11.1 Å². The Hall–Kier alpha value is -2.89. The molecule has 0 unspecified atom stereocenters. The van der Waals surface area contributed by atoms with Crippen molar-refractivity contribution in [1.29, 1.82) is 0 Å². The smallest absolute Gasteiger partial charge is 0.268 e. The first-order chi connectivity index (χ1) is 13.3. The molecule has 0 atom stereocenters. The van der Waals surface area contributed by atoms with Crippen molar-refractivity contribution in [2.24, 2.45) is 0 Å². The van der Waals surface area contributed by atoms with Crippen LogP contribution >= 0.6 is 11.6 Å². The molecule has 3 rings (SSSR count). The van der Waals surface area contributed by atoms with Crippen LogP contribution < -0.4 is 4.31 Å². The molecular weight excluding hydrogens is 394 g/mol. The number of hydrogen-bond acceptors (Lipinski definition) is 3. The minimum atomic E-state index is -4.13. The summed E-state index contributed by atoms with van der Waals surface area (Å²) in [5, 5.41) is 0.441. The number of anilines is 1. The van der Waals surface area contributed by atoms with Crippen molar-refractivity contribution in [3.05, 3.63) is 96.0 Å². The maximum absolute atomic E-state index is 13.2. The van der Waals surface area contributed by atoms with Crippen molar-refractivity contribution >= 4 is 33.2 Å². The number of sulfonamides is 1. The Bertz CT molecular complexity index is 1110. The van der Waals surface area contributed by atoms with E-state index >= 15 is 0 Å². The molecule has 0 aromatic heterocycles. The average molecular weight is 412 g/mol. The molecule has 0 heterocycles.